The minimum Gasteiger partial charge on any atom is -0.229 e. The second kappa shape index (κ2) is 1.95. The molecule has 0 radical (unpaired) electrons. The highest BCUT2D eigenvalue weighted by molar-refractivity contribution is 9.09. The minimum atomic E-state index is -2.63. The summed E-state index contributed by atoms with van der Waals surface area (Å²) in [5.74, 6) is 0.705. The normalized spacial score (nSPS) is 29.1. The molecule has 1 fully saturated rings. The van der Waals surface area contributed by atoms with Gasteiger partial charge in [0.05, 0.1) is 11.5 Å². The van der Waals surface area contributed by atoms with E-state index in [1.54, 1.807) is 0 Å². The van der Waals surface area contributed by atoms with Crippen LogP contribution in [0, 0.1) is 5.41 Å². The van der Waals surface area contributed by atoms with Crippen molar-refractivity contribution in [3.63, 3.8) is 0 Å². The van der Waals surface area contributed by atoms with E-state index < -0.39 is 9.84 Å². The third-order valence-corrected chi connectivity index (χ3v) is 5.09. The molecule has 2 nitrogen and oxygen atoms in total. The number of rotatable bonds is 1. The van der Waals surface area contributed by atoms with Gasteiger partial charge in [0.2, 0.25) is 0 Å². The maximum Gasteiger partial charge on any atom is 0.151 e. The lowest BCUT2D eigenvalue weighted by atomic mass is 9.99. The van der Waals surface area contributed by atoms with Gasteiger partial charge in [-0.15, -0.1) is 0 Å². The molecule has 0 unspecified atom stereocenters. The van der Waals surface area contributed by atoms with E-state index >= 15 is 0 Å². The summed E-state index contributed by atoms with van der Waals surface area (Å²) in [7, 11) is -2.63. The first kappa shape index (κ1) is 7.54. The zero-order valence-corrected chi connectivity index (χ0v) is 7.63. The van der Waals surface area contributed by atoms with Crippen molar-refractivity contribution >= 4 is 25.8 Å². The zero-order chi connectivity index (χ0) is 7.12. The van der Waals surface area contributed by atoms with Crippen LogP contribution in [0.2, 0.25) is 0 Å². The zero-order valence-electron chi connectivity index (χ0n) is 5.22. The fourth-order valence-corrected chi connectivity index (χ4v) is 4.26. The Kier molecular flexibility index (Phi) is 1.64. The number of hydrogen-bond donors (Lipinski definition) is 0. The second-order valence-electron chi connectivity index (χ2n) is 2.98. The molecule has 1 aliphatic heterocycles. The predicted octanol–water partition coefficient (Wildman–Crippen LogP) is 0.816. The van der Waals surface area contributed by atoms with Gasteiger partial charge in [0.25, 0.3) is 0 Å². The summed E-state index contributed by atoms with van der Waals surface area (Å²) in [5, 5.41) is 0.791. The van der Waals surface area contributed by atoms with Crippen LogP contribution < -0.4 is 0 Å². The van der Waals surface area contributed by atoms with Crippen molar-refractivity contribution in [3.05, 3.63) is 0 Å². The largest absolute Gasteiger partial charge is 0.229 e. The highest BCUT2D eigenvalue weighted by Gasteiger charge is 2.43. The van der Waals surface area contributed by atoms with E-state index in [-0.39, 0.29) is 5.41 Å². The van der Waals surface area contributed by atoms with Crippen LogP contribution in [-0.4, -0.2) is 25.3 Å². The maximum atomic E-state index is 10.6. The van der Waals surface area contributed by atoms with E-state index in [0.717, 1.165) is 5.33 Å². The van der Waals surface area contributed by atoms with Gasteiger partial charge < -0.3 is 0 Å². The molecule has 9 heavy (non-hydrogen) atoms. The maximum absolute atomic E-state index is 10.6. The third kappa shape index (κ3) is 1.46. The average Bonchev–Trinajstić information content (AvgIpc) is 1.61. The Morgan fingerprint density at radius 1 is 1.56 bits per heavy atom. The highest BCUT2D eigenvalue weighted by atomic mass is 79.9. The first-order chi connectivity index (χ1) is 3.97. The molecule has 0 aromatic carbocycles. The van der Waals surface area contributed by atoms with Gasteiger partial charge in [0.1, 0.15) is 0 Å². The third-order valence-electron chi connectivity index (χ3n) is 1.46. The van der Waals surface area contributed by atoms with Crippen LogP contribution in [0.15, 0.2) is 0 Å². The van der Waals surface area contributed by atoms with Gasteiger partial charge in [-0.1, -0.05) is 22.9 Å². The smallest absolute Gasteiger partial charge is 0.151 e. The molecule has 54 valence electrons. The second-order valence-corrected chi connectivity index (χ2v) is 5.60. The summed E-state index contributed by atoms with van der Waals surface area (Å²) < 4.78 is 21.3. The Morgan fingerprint density at radius 3 is 2.11 bits per heavy atom. The minimum absolute atomic E-state index is 0.0266. The lowest BCUT2D eigenvalue weighted by Crippen LogP contribution is -2.47. The van der Waals surface area contributed by atoms with E-state index in [1.165, 1.54) is 0 Å². The van der Waals surface area contributed by atoms with Gasteiger partial charge in [-0.25, -0.2) is 8.42 Å². The van der Waals surface area contributed by atoms with E-state index in [9.17, 15) is 8.42 Å². The molecule has 0 aromatic rings. The highest BCUT2D eigenvalue weighted by Crippen LogP contribution is 2.33. The Morgan fingerprint density at radius 2 is 2.00 bits per heavy atom. The SMILES string of the molecule is CC1(CBr)CS(=O)(=O)C1. The van der Waals surface area contributed by atoms with Crippen molar-refractivity contribution in [1.82, 2.24) is 0 Å². The molecule has 0 aliphatic carbocycles. The fraction of sp³-hybridized carbons (Fsp3) is 1.00. The molecule has 1 aliphatic rings. The van der Waals surface area contributed by atoms with Gasteiger partial charge in [-0.2, -0.15) is 0 Å². The Bertz CT molecular complexity index is 195. The number of sulfone groups is 1. The van der Waals surface area contributed by atoms with Crippen molar-refractivity contribution in [2.24, 2.45) is 5.41 Å². The molecule has 1 rings (SSSR count). The van der Waals surface area contributed by atoms with Crippen LogP contribution in [0.25, 0.3) is 0 Å². The molecule has 0 amide bonds. The molecular weight excluding hydrogens is 204 g/mol. The first-order valence-electron chi connectivity index (χ1n) is 2.74. The summed E-state index contributed by atoms with van der Waals surface area (Å²) in [5.41, 5.74) is 0.0266. The van der Waals surface area contributed by atoms with Crippen molar-refractivity contribution in [2.45, 2.75) is 6.92 Å². The van der Waals surface area contributed by atoms with Crippen LogP contribution in [0.1, 0.15) is 6.92 Å². The molecule has 0 bridgehead atoms. The lowest BCUT2D eigenvalue weighted by molar-refractivity contribution is 0.422. The molecule has 4 heteroatoms. The summed E-state index contributed by atoms with van der Waals surface area (Å²) >= 11 is 3.27. The first-order valence-corrected chi connectivity index (χ1v) is 5.68. The van der Waals surface area contributed by atoms with Crippen LogP contribution in [0.5, 0.6) is 0 Å². The lowest BCUT2D eigenvalue weighted by Gasteiger charge is -2.35. The monoisotopic (exact) mass is 212 g/mol. The molecular formula is C5H9BrO2S. The summed E-state index contributed by atoms with van der Waals surface area (Å²) in [6.45, 7) is 1.98. The van der Waals surface area contributed by atoms with Crippen LogP contribution in [0.3, 0.4) is 0 Å². The summed E-state index contributed by atoms with van der Waals surface area (Å²) in [4.78, 5) is 0. The van der Waals surface area contributed by atoms with Crippen molar-refractivity contribution in [1.29, 1.82) is 0 Å². The molecule has 0 spiro atoms. The van der Waals surface area contributed by atoms with E-state index in [0.29, 0.717) is 11.5 Å². The number of halogens is 1. The summed E-state index contributed by atoms with van der Waals surface area (Å²) in [6, 6.07) is 0. The molecule has 1 saturated heterocycles. The van der Waals surface area contributed by atoms with E-state index in [4.69, 9.17) is 0 Å². The van der Waals surface area contributed by atoms with Crippen LogP contribution in [-0.2, 0) is 9.84 Å². The fourth-order valence-electron chi connectivity index (χ4n) is 1.10. The van der Waals surface area contributed by atoms with Crippen molar-refractivity contribution in [2.75, 3.05) is 16.8 Å². The standard InChI is InChI=1S/C5H9BrO2S/c1-5(2-6)3-9(7,8)4-5/h2-4H2,1H3. The van der Waals surface area contributed by atoms with Gasteiger partial charge >= 0.3 is 0 Å². The predicted molar refractivity (Wildman–Crippen MR) is 40.6 cm³/mol. The van der Waals surface area contributed by atoms with E-state index in [1.807, 2.05) is 6.92 Å². The Hall–Kier alpha value is 0.430. The topological polar surface area (TPSA) is 34.1 Å². The Balaban J connectivity index is 2.61. The number of alkyl halides is 1. The Labute approximate surface area is 63.7 Å². The molecule has 0 atom stereocenters. The quantitative estimate of drug-likeness (QED) is 0.604. The van der Waals surface area contributed by atoms with Crippen LogP contribution >= 0.6 is 15.9 Å². The average molecular weight is 213 g/mol. The van der Waals surface area contributed by atoms with Gasteiger partial charge in [0.15, 0.2) is 9.84 Å². The molecule has 0 aromatic heterocycles. The number of hydrogen-bond acceptors (Lipinski definition) is 2. The molecule has 0 saturated carbocycles. The van der Waals surface area contributed by atoms with Crippen LogP contribution in [0.4, 0.5) is 0 Å². The van der Waals surface area contributed by atoms with Crippen molar-refractivity contribution in [3.8, 4) is 0 Å². The van der Waals surface area contributed by atoms with Crippen molar-refractivity contribution < 1.29 is 8.42 Å². The van der Waals surface area contributed by atoms with Gasteiger partial charge in [-0.3, -0.25) is 0 Å². The summed E-state index contributed by atoms with van der Waals surface area (Å²) in [6.07, 6.45) is 0. The van der Waals surface area contributed by atoms with Gasteiger partial charge in [-0.05, 0) is 0 Å². The van der Waals surface area contributed by atoms with Gasteiger partial charge in [0, 0.05) is 10.7 Å². The molecule has 0 N–H and O–H groups in total. The molecule has 1 heterocycles. The van der Waals surface area contributed by atoms with E-state index in [2.05, 4.69) is 15.9 Å².